The second-order valence-electron chi connectivity index (χ2n) is 5.04. The van der Waals surface area contributed by atoms with Gasteiger partial charge in [0.15, 0.2) is 5.78 Å². The Balaban J connectivity index is 2.24. The first-order valence-corrected chi connectivity index (χ1v) is 6.69. The lowest BCUT2D eigenvalue weighted by atomic mass is 9.89. The zero-order valence-electron chi connectivity index (χ0n) is 11.2. The van der Waals surface area contributed by atoms with Crippen molar-refractivity contribution in [2.45, 2.75) is 38.6 Å². The van der Waals surface area contributed by atoms with Gasteiger partial charge in [0.25, 0.3) is 0 Å². The van der Waals surface area contributed by atoms with Gasteiger partial charge >= 0.3 is 0 Å². The second kappa shape index (κ2) is 5.53. The summed E-state index contributed by atoms with van der Waals surface area (Å²) >= 11 is 0. The minimum Gasteiger partial charge on any atom is -0.493 e. The smallest absolute Gasteiger partial charge is 0.186 e. The van der Waals surface area contributed by atoms with E-state index in [0.29, 0.717) is 17.9 Å². The van der Waals surface area contributed by atoms with Crippen LogP contribution in [0.25, 0.3) is 0 Å². The molecule has 3 nitrogen and oxygen atoms in total. The Labute approximate surface area is 109 Å². The Morgan fingerprint density at radius 1 is 1.44 bits per heavy atom. The molecular weight excluding hydrogens is 226 g/mol. The van der Waals surface area contributed by atoms with E-state index in [-0.39, 0.29) is 5.78 Å². The fourth-order valence-electron chi connectivity index (χ4n) is 2.38. The number of para-hydroxylation sites is 1. The average molecular weight is 247 g/mol. The third-order valence-corrected chi connectivity index (χ3v) is 3.46. The molecule has 1 atom stereocenters. The van der Waals surface area contributed by atoms with E-state index in [1.54, 1.807) is 0 Å². The lowest BCUT2D eigenvalue weighted by Crippen LogP contribution is -2.44. The van der Waals surface area contributed by atoms with Gasteiger partial charge in [-0.1, -0.05) is 19.1 Å². The highest BCUT2D eigenvalue weighted by Crippen LogP contribution is 2.28. The molecule has 2 rings (SSSR count). The van der Waals surface area contributed by atoms with Crippen LogP contribution in [0.2, 0.25) is 0 Å². The van der Waals surface area contributed by atoms with Gasteiger partial charge in [0.1, 0.15) is 5.75 Å². The van der Waals surface area contributed by atoms with E-state index in [1.807, 2.05) is 31.2 Å². The van der Waals surface area contributed by atoms with Crippen molar-refractivity contribution in [2.75, 3.05) is 13.2 Å². The minimum atomic E-state index is -0.425. The normalized spacial score (nSPS) is 23.0. The van der Waals surface area contributed by atoms with Crippen molar-refractivity contribution in [1.82, 2.24) is 5.32 Å². The molecule has 98 valence electrons. The summed E-state index contributed by atoms with van der Waals surface area (Å²) in [5, 5.41) is 3.31. The minimum absolute atomic E-state index is 0.145. The highest BCUT2D eigenvalue weighted by molar-refractivity contribution is 6.05. The summed E-state index contributed by atoms with van der Waals surface area (Å²) in [5.41, 5.74) is 0.272. The summed E-state index contributed by atoms with van der Waals surface area (Å²) in [6, 6.07) is 7.54. The highest BCUT2D eigenvalue weighted by Gasteiger charge is 2.37. The summed E-state index contributed by atoms with van der Waals surface area (Å²) in [4.78, 5) is 12.6. The molecule has 1 aromatic rings. The molecule has 1 heterocycles. The van der Waals surface area contributed by atoms with Gasteiger partial charge in [-0.3, -0.25) is 4.79 Å². The van der Waals surface area contributed by atoms with Gasteiger partial charge in [-0.25, -0.2) is 0 Å². The van der Waals surface area contributed by atoms with Crippen LogP contribution >= 0.6 is 0 Å². The standard InChI is InChI=1S/C15H21NO2/c1-3-11-18-13-8-5-4-7-12(13)14(17)15(2)9-6-10-16-15/h4-5,7-8,16H,3,6,9-11H2,1-2H3. The van der Waals surface area contributed by atoms with Gasteiger partial charge in [-0.15, -0.1) is 0 Å². The summed E-state index contributed by atoms with van der Waals surface area (Å²) < 4.78 is 5.66. The van der Waals surface area contributed by atoms with E-state index in [9.17, 15) is 4.79 Å². The molecule has 1 aromatic carbocycles. The number of carbonyl (C=O) groups is 1. The van der Waals surface area contributed by atoms with Crippen LogP contribution in [-0.2, 0) is 0 Å². The van der Waals surface area contributed by atoms with Crippen LogP contribution in [0.15, 0.2) is 24.3 Å². The van der Waals surface area contributed by atoms with Gasteiger partial charge in [-0.2, -0.15) is 0 Å². The molecule has 0 amide bonds. The summed E-state index contributed by atoms with van der Waals surface area (Å²) in [5.74, 6) is 0.853. The molecule has 1 unspecified atom stereocenters. The van der Waals surface area contributed by atoms with E-state index in [0.717, 1.165) is 25.8 Å². The van der Waals surface area contributed by atoms with Crippen LogP contribution in [-0.4, -0.2) is 24.5 Å². The monoisotopic (exact) mass is 247 g/mol. The quantitative estimate of drug-likeness (QED) is 0.813. The van der Waals surface area contributed by atoms with Crippen LogP contribution in [0.4, 0.5) is 0 Å². The van der Waals surface area contributed by atoms with Crippen LogP contribution < -0.4 is 10.1 Å². The third kappa shape index (κ3) is 2.56. The Morgan fingerprint density at radius 2 is 2.22 bits per heavy atom. The molecule has 18 heavy (non-hydrogen) atoms. The van der Waals surface area contributed by atoms with E-state index >= 15 is 0 Å². The maximum Gasteiger partial charge on any atom is 0.186 e. The number of ether oxygens (including phenoxy) is 1. The Hall–Kier alpha value is -1.35. The molecule has 0 radical (unpaired) electrons. The first kappa shape index (κ1) is 13.1. The number of carbonyl (C=O) groups excluding carboxylic acids is 1. The Bertz CT molecular complexity index is 422. The maximum atomic E-state index is 12.6. The van der Waals surface area contributed by atoms with Gasteiger partial charge in [-0.05, 0) is 44.9 Å². The van der Waals surface area contributed by atoms with Crippen molar-refractivity contribution >= 4 is 5.78 Å². The largest absolute Gasteiger partial charge is 0.493 e. The predicted molar refractivity (Wildman–Crippen MR) is 72.2 cm³/mol. The van der Waals surface area contributed by atoms with Crippen molar-refractivity contribution in [2.24, 2.45) is 0 Å². The average Bonchev–Trinajstić information content (AvgIpc) is 2.84. The molecular formula is C15H21NO2. The van der Waals surface area contributed by atoms with E-state index in [4.69, 9.17) is 4.74 Å². The molecule has 0 aromatic heterocycles. The zero-order chi connectivity index (χ0) is 13.0. The molecule has 3 heteroatoms. The zero-order valence-corrected chi connectivity index (χ0v) is 11.2. The molecule has 1 aliphatic heterocycles. The van der Waals surface area contributed by atoms with E-state index in [2.05, 4.69) is 12.2 Å². The van der Waals surface area contributed by atoms with Gasteiger partial charge < -0.3 is 10.1 Å². The molecule has 1 saturated heterocycles. The first-order valence-electron chi connectivity index (χ1n) is 6.69. The number of ketones is 1. The number of hydrogen-bond donors (Lipinski definition) is 1. The van der Waals surface area contributed by atoms with Crippen LogP contribution in [0.3, 0.4) is 0 Å². The predicted octanol–water partition coefficient (Wildman–Crippen LogP) is 2.80. The second-order valence-corrected chi connectivity index (χ2v) is 5.04. The first-order chi connectivity index (χ1) is 8.67. The fraction of sp³-hybridized carbons (Fsp3) is 0.533. The van der Waals surface area contributed by atoms with Crippen molar-refractivity contribution < 1.29 is 9.53 Å². The fourth-order valence-corrected chi connectivity index (χ4v) is 2.38. The lowest BCUT2D eigenvalue weighted by molar-refractivity contribution is 0.0880. The number of hydrogen-bond acceptors (Lipinski definition) is 3. The van der Waals surface area contributed by atoms with Crippen molar-refractivity contribution in [1.29, 1.82) is 0 Å². The number of Topliss-reactive ketones (excluding diaryl/α,β-unsaturated/α-hetero) is 1. The van der Waals surface area contributed by atoms with Crippen molar-refractivity contribution in [3.05, 3.63) is 29.8 Å². The summed E-state index contributed by atoms with van der Waals surface area (Å²) in [7, 11) is 0. The molecule has 0 bridgehead atoms. The van der Waals surface area contributed by atoms with Crippen LogP contribution in [0.1, 0.15) is 43.5 Å². The highest BCUT2D eigenvalue weighted by atomic mass is 16.5. The summed E-state index contributed by atoms with van der Waals surface area (Å²) in [6.45, 7) is 5.61. The molecule has 0 aliphatic carbocycles. The van der Waals surface area contributed by atoms with E-state index < -0.39 is 5.54 Å². The number of rotatable bonds is 5. The van der Waals surface area contributed by atoms with Gasteiger partial charge in [0.2, 0.25) is 0 Å². The SMILES string of the molecule is CCCOc1ccccc1C(=O)C1(C)CCCN1. The van der Waals surface area contributed by atoms with Crippen molar-refractivity contribution in [3.8, 4) is 5.75 Å². The van der Waals surface area contributed by atoms with Crippen LogP contribution in [0.5, 0.6) is 5.75 Å². The molecule has 1 N–H and O–H groups in total. The Morgan fingerprint density at radius 3 is 2.89 bits per heavy atom. The summed E-state index contributed by atoms with van der Waals surface area (Å²) in [6.07, 6.45) is 2.90. The third-order valence-electron chi connectivity index (χ3n) is 3.46. The molecule has 0 saturated carbocycles. The molecule has 1 aliphatic rings. The topological polar surface area (TPSA) is 38.3 Å². The number of nitrogens with one attached hydrogen (secondary N) is 1. The van der Waals surface area contributed by atoms with E-state index in [1.165, 1.54) is 0 Å². The Kier molecular flexibility index (Phi) is 4.02. The van der Waals surface area contributed by atoms with Gasteiger partial charge in [0.05, 0.1) is 17.7 Å². The maximum absolute atomic E-state index is 12.6. The van der Waals surface area contributed by atoms with Gasteiger partial charge in [0, 0.05) is 0 Å². The van der Waals surface area contributed by atoms with Crippen LogP contribution in [0, 0.1) is 0 Å². The van der Waals surface area contributed by atoms with Crippen molar-refractivity contribution in [3.63, 3.8) is 0 Å². The molecule has 0 spiro atoms. The molecule has 1 fully saturated rings. The lowest BCUT2D eigenvalue weighted by Gasteiger charge is -2.23. The number of benzene rings is 1.